The first-order chi connectivity index (χ1) is 22.7. The van der Waals surface area contributed by atoms with E-state index in [1.165, 1.54) is 0 Å². The Morgan fingerprint density at radius 3 is 1.74 bits per heavy atom. The van der Waals surface area contributed by atoms with Gasteiger partial charge in [-0.3, -0.25) is 14.0 Å². The molecular formula is C36H44N5O5P. The topological polar surface area (TPSA) is 110 Å². The number of ether oxygens (including phenoxy) is 1. The van der Waals surface area contributed by atoms with Gasteiger partial charge in [-0.25, -0.2) is 20.4 Å². The zero-order chi connectivity index (χ0) is 33.4. The summed E-state index contributed by atoms with van der Waals surface area (Å²) in [5.74, 6) is 1.70. The van der Waals surface area contributed by atoms with Gasteiger partial charge in [0.15, 0.2) is 29.2 Å². The Morgan fingerprint density at radius 2 is 1.30 bits per heavy atom. The highest BCUT2D eigenvalue weighted by atomic mass is 31.2. The number of benzene rings is 3. The van der Waals surface area contributed by atoms with Crippen LogP contribution in [0.5, 0.6) is 0 Å². The van der Waals surface area contributed by atoms with Crippen LogP contribution >= 0.6 is 7.60 Å². The molecule has 1 N–H and O–H groups in total. The molecule has 0 atom stereocenters. The van der Waals surface area contributed by atoms with Crippen molar-refractivity contribution in [1.29, 1.82) is 0 Å². The number of hydrogen-bond donors (Lipinski definition) is 1. The zero-order valence-corrected chi connectivity index (χ0v) is 28.8. The standard InChI is InChI=1S/C36H44N5O5P/c1-7-17-31-37-32-33(40-43-6)38-35(39-34(32)41(31)24-44-25-47(42,45-26(2)3)46-27(4)5)36(28-18-11-8-12-19-28,29-20-13-9-14-21-29)30-22-15-10-16-23-30/h8-16,18-23,26-27H,7,17,24-25H2,1-6H3,(H,38,39,40). The molecule has 0 amide bonds. The van der Waals surface area contributed by atoms with Gasteiger partial charge in [0.25, 0.3) is 0 Å². The van der Waals surface area contributed by atoms with Crippen LogP contribution in [0, 0.1) is 0 Å². The number of nitrogens with zero attached hydrogens (tertiary/aromatic N) is 4. The second-order valence-electron chi connectivity index (χ2n) is 11.8. The molecular weight excluding hydrogens is 613 g/mol. The molecule has 248 valence electrons. The van der Waals surface area contributed by atoms with E-state index in [2.05, 4.69) is 48.8 Å². The molecule has 0 saturated heterocycles. The van der Waals surface area contributed by atoms with Gasteiger partial charge in [-0.15, -0.1) is 0 Å². The summed E-state index contributed by atoms with van der Waals surface area (Å²) < 4.78 is 33.1. The molecule has 3 aromatic carbocycles. The molecule has 0 aliphatic carbocycles. The van der Waals surface area contributed by atoms with E-state index in [1.54, 1.807) is 7.11 Å². The minimum absolute atomic E-state index is 0.0244. The lowest BCUT2D eigenvalue weighted by atomic mass is 9.68. The summed E-state index contributed by atoms with van der Waals surface area (Å²) >= 11 is 0. The highest BCUT2D eigenvalue weighted by Gasteiger charge is 2.42. The molecule has 10 nitrogen and oxygen atoms in total. The maximum Gasteiger partial charge on any atom is 0.356 e. The fraction of sp³-hybridized carbons (Fsp3) is 0.361. The van der Waals surface area contributed by atoms with Crippen molar-refractivity contribution in [3.63, 3.8) is 0 Å². The molecule has 0 spiro atoms. The summed E-state index contributed by atoms with van der Waals surface area (Å²) in [7, 11) is -2.00. The molecule has 5 rings (SSSR count). The van der Waals surface area contributed by atoms with Crippen molar-refractivity contribution < 1.29 is 23.2 Å². The van der Waals surface area contributed by atoms with Gasteiger partial charge in [-0.05, 0) is 50.8 Å². The summed E-state index contributed by atoms with van der Waals surface area (Å²) in [5.41, 5.74) is 6.13. The van der Waals surface area contributed by atoms with Crippen LogP contribution in [0.25, 0.3) is 11.2 Å². The Bertz CT molecular complexity index is 1670. The smallest absolute Gasteiger partial charge is 0.348 e. The third-order valence-corrected chi connectivity index (χ3v) is 9.50. The van der Waals surface area contributed by atoms with E-state index in [0.717, 1.165) is 28.9 Å². The van der Waals surface area contributed by atoms with Crippen LogP contribution in [-0.4, -0.2) is 45.2 Å². The van der Waals surface area contributed by atoms with E-state index in [4.69, 9.17) is 33.6 Å². The largest absolute Gasteiger partial charge is 0.356 e. The average molecular weight is 658 g/mol. The fourth-order valence-electron chi connectivity index (χ4n) is 5.86. The zero-order valence-electron chi connectivity index (χ0n) is 27.9. The van der Waals surface area contributed by atoms with Gasteiger partial charge < -0.3 is 13.8 Å². The van der Waals surface area contributed by atoms with Crippen LogP contribution in [0.15, 0.2) is 91.0 Å². The van der Waals surface area contributed by atoms with Crippen LogP contribution < -0.4 is 5.48 Å². The molecule has 2 heterocycles. The molecule has 11 heteroatoms. The molecule has 0 fully saturated rings. The Hall–Kier alpha value is -3.92. The van der Waals surface area contributed by atoms with E-state index in [0.29, 0.717) is 29.2 Å². The van der Waals surface area contributed by atoms with Crippen LogP contribution in [-0.2, 0) is 41.8 Å². The van der Waals surface area contributed by atoms with Gasteiger partial charge in [0.1, 0.15) is 18.0 Å². The van der Waals surface area contributed by atoms with E-state index in [1.807, 2.05) is 86.9 Å². The number of hydrogen-bond acceptors (Lipinski definition) is 9. The predicted molar refractivity (Wildman–Crippen MR) is 184 cm³/mol. The van der Waals surface area contributed by atoms with Gasteiger partial charge in [0.2, 0.25) is 0 Å². The first-order valence-electron chi connectivity index (χ1n) is 16.0. The lowest BCUT2D eigenvalue weighted by Gasteiger charge is -2.34. The minimum Gasteiger partial charge on any atom is -0.348 e. The summed E-state index contributed by atoms with van der Waals surface area (Å²) in [6.07, 6.45) is 0.675. The second kappa shape index (κ2) is 15.3. The summed E-state index contributed by atoms with van der Waals surface area (Å²) in [4.78, 5) is 20.9. The van der Waals surface area contributed by atoms with Crippen LogP contribution in [0.3, 0.4) is 0 Å². The van der Waals surface area contributed by atoms with E-state index in [-0.39, 0.29) is 25.3 Å². The summed E-state index contributed by atoms with van der Waals surface area (Å²) in [5, 5.41) is 0. The van der Waals surface area contributed by atoms with E-state index < -0.39 is 13.0 Å². The van der Waals surface area contributed by atoms with E-state index in [9.17, 15) is 4.57 Å². The third-order valence-electron chi connectivity index (χ3n) is 7.51. The number of fused-ring (bicyclic) bond motifs is 1. The average Bonchev–Trinajstić information content (AvgIpc) is 3.39. The molecule has 0 unspecified atom stereocenters. The van der Waals surface area contributed by atoms with Crippen LogP contribution in [0.1, 0.15) is 69.4 Å². The molecule has 0 saturated carbocycles. The number of rotatable bonds is 16. The van der Waals surface area contributed by atoms with Crippen LogP contribution in [0.4, 0.5) is 5.82 Å². The van der Waals surface area contributed by atoms with Crippen molar-refractivity contribution in [2.24, 2.45) is 0 Å². The highest BCUT2D eigenvalue weighted by molar-refractivity contribution is 7.53. The minimum atomic E-state index is -3.54. The first-order valence-corrected chi connectivity index (χ1v) is 17.7. The number of nitrogens with one attached hydrogen (secondary N) is 1. The van der Waals surface area contributed by atoms with Crippen molar-refractivity contribution in [2.75, 3.05) is 18.9 Å². The SMILES string of the molecule is CCCc1nc2c(NOC)nc(C(c3ccccc3)(c3ccccc3)c3ccccc3)nc2n1COCP(=O)(OC(C)C)OC(C)C. The maximum absolute atomic E-state index is 13.6. The lowest BCUT2D eigenvalue weighted by molar-refractivity contribution is 0.0704. The number of anilines is 1. The summed E-state index contributed by atoms with van der Waals surface area (Å²) in [6.45, 7) is 9.39. The van der Waals surface area contributed by atoms with Gasteiger partial charge in [-0.1, -0.05) is 97.9 Å². The Labute approximate surface area is 277 Å². The van der Waals surface area contributed by atoms with Crippen molar-refractivity contribution in [1.82, 2.24) is 19.5 Å². The molecule has 0 radical (unpaired) electrons. The Balaban J connectivity index is 1.74. The third kappa shape index (κ3) is 7.48. The predicted octanol–water partition coefficient (Wildman–Crippen LogP) is 8.11. The monoisotopic (exact) mass is 657 g/mol. The summed E-state index contributed by atoms with van der Waals surface area (Å²) in [6, 6.07) is 30.7. The first kappa shape index (κ1) is 34.4. The fourth-order valence-corrected chi connectivity index (χ4v) is 7.62. The molecule has 0 aliphatic heterocycles. The van der Waals surface area contributed by atoms with Gasteiger partial charge >= 0.3 is 7.60 Å². The quantitative estimate of drug-likeness (QED) is 0.0639. The number of imidazole rings is 1. The van der Waals surface area contributed by atoms with Crippen molar-refractivity contribution in [3.05, 3.63) is 119 Å². The highest BCUT2D eigenvalue weighted by Crippen LogP contribution is 2.50. The number of aromatic nitrogens is 4. The van der Waals surface area contributed by atoms with Gasteiger partial charge in [0.05, 0.1) is 19.3 Å². The molecule has 0 aliphatic rings. The van der Waals surface area contributed by atoms with Crippen LogP contribution in [0.2, 0.25) is 0 Å². The van der Waals surface area contributed by atoms with Gasteiger partial charge in [0, 0.05) is 6.42 Å². The molecule has 2 aromatic heterocycles. The molecule has 5 aromatic rings. The lowest BCUT2D eigenvalue weighted by Crippen LogP contribution is -2.33. The Kier molecular flexibility index (Phi) is 11.2. The maximum atomic E-state index is 13.6. The van der Waals surface area contributed by atoms with Crippen molar-refractivity contribution in [3.8, 4) is 0 Å². The molecule has 0 bridgehead atoms. The second-order valence-corrected chi connectivity index (χ2v) is 13.7. The van der Waals surface area contributed by atoms with Crippen molar-refractivity contribution >= 4 is 24.6 Å². The van der Waals surface area contributed by atoms with E-state index >= 15 is 0 Å². The van der Waals surface area contributed by atoms with Gasteiger partial charge in [-0.2, -0.15) is 0 Å². The van der Waals surface area contributed by atoms with Crippen molar-refractivity contribution in [2.45, 2.75) is 71.8 Å². The molecule has 47 heavy (non-hydrogen) atoms. The number of aryl methyl sites for hydroxylation is 1. The normalized spacial score (nSPS) is 12.3. The Morgan fingerprint density at radius 1 is 0.787 bits per heavy atom.